The van der Waals surface area contributed by atoms with Gasteiger partial charge in [0.15, 0.2) is 5.05 Å². The SMILES string of the molecule is CCOC(=S)Cc1nnc2sc3ccccc3n12. The van der Waals surface area contributed by atoms with Gasteiger partial charge in [0.05, 0.1) is 23.2 Å². The van der Waals surface area contributed by atoms with Crippen molar-refractivity contribution in [1.29, 1.82) is 0 Å². The number of ether oxygens (including phenoxy) is 1. The summed E-state index contributed by atoms with van der Waals surface area (Å²) >= 11 is 6.79. The van der Waals surface area contributed by atoms with Gasteiger partial charge in [-0.25, -0.2) is 0 Å². The second kappa shape index (κ2) is 4.62. The van der Waals surface area contributed by atoms with Crippen LogP contribution in [0.3, 0.4) is 0 Å². The van der Waals surface area contributed by atoms with E-state index in [1.54, 1.807) is 11.3 Å². The molecular formula is C12H11N3OS2. The van der Waals surface area contributed by atoms with Crippen LogP contribution in [0.15, 0.2) is 24.3 Å². The first-order valence-electron chi connectivity index (χ1n) is 5.66. The minimum Gasteiger partial charge on any atom is -0.487 e. The van der Waals surface area contributed by atoms with Gasteiger partial charge in [-0.2, -0.15) is 0 Å². The molecule has 92 valence electrons. The van der Waals surface area contributed by atoms with E-state index in [0.29, 0.717) is 18.1 Å². The molecule has 2 heterocycles. The number of aromatic nitrogens is 3. The Morgan fingerprint density at radius 1 is 1.39 bits per heavy atom. The highest BCUT2D eigenvalue weighted by Crippen LogP contribution is 2.26. The number of hydrogen-bond acceptors (Lipinski definition) is 5. The zero-order valence-corrected chi connectivity index (χ0v) is 11.4. The number of thiocarbonyl (C=S) groups is 1. The van der Waals surface area contributed by atoms with Crippen molar-refractivity contribution in [2.24, 2.45) is 0 Å². The number of fused-ring (bicyclic) bond motifs is 3. The molecule has 0 fully saturated rings. The van der Waals surface area contributed by atoms with Crippen LogP contribution in [0, 0.1) is 0 Å². The van der Waals surface area contributed by atoms with E-state index in [4.69, 9.17) is 17.0 Å². The Kier molecular flexibility index (Phi) is 2.97. The van der Waals surface area contributed by atoms with Gasteiger partial charge in [0, 0.05) is 0 Å². The molecule has 4 nitrogen and oxygen atoms in total. The molecule has 0 aliphatic rings. The maximum absolute atomic E-state index is 5.31. The van der Waals surface area contributed by atoms with E-state index in [1.807, 2.05) is 23.5 Å². The van der Waals surface area contributed by atoms with E-state index >= 15 is 0 Å². The van der Waals surface area contributed by atoms with Crippen LogP contribution in [0.25, 0.3) is 15.2 Å². The van der Waals surface area contributed by atoms with Gasteiger partial charge in [0.25, 0.3) is 0 Å². The third kappa shape index (κ3) is 1.87. The summed E-state index contributed by atoms with van der Waals surface area (Å²) in [6, 6.07) is 8.18. The summed E-state index contributed by atoms with van der Waals surface area (Å²) in [5.74, 6) is 0.834. The summed E-state index contributed by atoms with van der Waals surface area (Å²) < 4.78 is 8.55. The molecule has 3 aromatic rings. The molecule has 6 heteroatoms. The molecule has 0 atom stereocenters. The standard InChI is InChI=1S/C12H11N3OS2/c1-2-16-11(17)7-10-13-14-12-15(10)8-5-3-4-6-9(8)18-12/h3-6H,2,7H2,1H3. The lowest BCUT2D eigenvalue weighted by Crippen LogP contribution is -2.08. The lowest BCUT2D eigenvalue weighted by Gasteiger charge is -2.02. The predicted octanol–water partition coefficient (Wildman–Crippen LogP) is 2.85. The second-order valence-electron chi connectivity index (χ2n) is 3.79. The van der Waals surface area contributed by atoms with Gasteiger partial charge in [0.1, 0.15) is 5.82 Å². The molecule has 0 aliphatic heterocycles. The van der Waals surface area contributed by atoms with E-state index in [1.165, 1.54) is 4.70 Å². The number of para-hydroxylation sites is 1. The summed E-state index contributed by atoms with van der Waals surface area (Å²) in [7, 11) is 0. The van der Waals surface area contributed by atoms with Crippen molar-refractivity contribution < 1.29 is 4.74 Å². The highest BCUT2D eigenvalue weighted by atomic mass is 32.1. The van der Waals surface area contributed by atoms with Crippen molar-refractivity contribution in [2.75, 3.05) is 6.61 Å². The van der Waals surface area contributed by atoms with Gasteiger partial charge >= 0.3 is 0 Å². The van der Waals surface area contributed by atoms with E-state index < -0.39 is 0 Å². The van der Waals surface area contributed by atoms with Crippen molar-refractivity contribution >= 4 is 43.8 Å². The van der Waals surface area contributed by atoms with Gasteiger partial charge < -0.3 is 4.74 Å². The average Bonchev–Trinajstić information content (AvgIpc) is 2.89. The number of nitrogens with zero attached hydrogens (tertiary/aromatic N) is 3. The molecule has 0 aliphatic carbocycles. The lowest BCUT2D eigenvalue weighted by atomic mass is 10.3. The molecule has 18 heavy (non-hydrogen) atoms. The number of hydrogen-bond donors (Lipinski definition) is 0. The topological polar surface area (TPSA) is 39.4 Å². The summed E-state index contributed by atoms with van der Waals surface area (Å²) in [5.41, 5.74) is 1.12. The molecule has 0 saturated carbocycles. The Bertz CT molecular complexity index is 716. The predicted molar refractivity (Wildman–Crippen MR) is 76.3 cm³/mol. The van der Waals surface area contributed by atoms with Crippen LogP contribution in [-0.2, 0) is 11.2 Å². The zero-order chi connectivity index (χ0) is 12.5. The Hall–Kier alpha value is -1.53. The fraction of sp³-hybridized carbons (Fsp3) is 0.250. The highest BCUT2D eigenvalue weighted by Gasteiger charge is 2.13. The number of rotatable bonds is 3. The fourth-order valence-corrected chi connectivity index (χ4v) is 3.12. The van der Waals surface area contributed by atoms with Crippen LogP contribution in [0.2, 0.25) is 0 Å². The molecule has 0 bridgehead atoms. The minimum atomic E-state index is 0.519. The molecule has 0 saturated heterocycles. The summed E-state index contributed by atoms with van der Waals surface area (Å²) in [4.78, 5) is 0.894. The van der Waals surface area contributed by atoms with Crippen molar-refractivity contribution in [3.63, 3.8) is 0 Å². The monoisotopic (exact) mass is 277 g/mol. The van der Waals surface area contributed by atoms with Gasteiger partial charge in [-0.3, -0.25) is 4.40 Å². The Labute approximate surface area is 113 Å². The van der Waals surface area contributed by atoms with Crippen LogP contribution in [0.4, 0.5) is 0 Å². The fourth-order valence-electron chi connectivity index (χ4n) is 1.89. The van der Waals surface area contributed by atoms with Gasteiger partial charge in [-0.05, 0) is 31.3 Å². The van der Waals surface area contributed by atoms with Crippen LogP contribution >= 0.6 is 23.6 Å². The lowest BCUT2D eigenvalue weighted by molar-refractivity contribution is 0.329. The Balaban J connectivity index is 2.09. The Morgan fingerprint density at radius 2 is 2.22 bits per heavy atom. The first-order valence-corrected chi connectivity index (χ1v) is 6.89. The first-order chi connectivity index (χ1) is 8.79. The van der Waals surface area contributed by atoms with E-state index in [2.05, 4.69) is 22.3 Å². The number of benzene rings is 1. The maximum Gasteiger partial charge on any atom is 0.217 e. The van der Waals surface area contributed by atoms with Crippen molar-refractivity contribution in [2.45, 2.75) is 13.3 Å². The smallest absolute Gasteiger partial charge is 0.217 e. The summed E-state index contributed by atoms with van der Waals surface area (Å²) in [5, 5.41) is 8.93. The highest BCUT2D eigenvalue weighted by molar-refractivity contribution is 7.80. The minimum absolute atomic E-state index is 0.519. The van der Waals surface area contributed by atoms with Crippen LogP contribution in [0.1, 0.15) is 12.7 Å². The zero-order valence-electron chi connectivity index (χ0n) is 9.79. The van der Waals surface area contributed by atoms with Gasteiger partial charge in [-0.1, -0.05) is 23.5 Å². The quantitative estimate of drug-likeness (QED) is 0.690. The molecule has 0 amide bonds. The van der Waals surface area contributed by atoms with Gasteiger partial charge in [-0.15, -0.1) is 10.2 Å². The molecule has 1 aromatic carbocycles. The largest absolute Gasteiger partial charge is 0.487 e. The molecule has 0 N–H and O–H groups in total. The van der Waals surface area contributed by atoms with Crippen molar-refractivity contribution in [3.05, 3.63) is 30.1 Å². The molecule has 0 radical (unpaired) electrons. The average molecular weight is 277 g/mol. The van der Waals surface area contributed by atoms with E-state index in [-0.39, 0.29) is 0 Å². The van der Waals surface area contributed by atoms with Crippen molar-refractivity contribution in [1.82, 2.24) is 14.6 Å². The summed E-state index contributed by atoms with van der Waals surface area (Å²) in [6.07, 6.45) is 0.519. The second-order valence-corrected chi connectivity index (χ2v) is 5.25. The first kappa shape index (κ1) is 11.6. The molecule has 2 aromatic heterocycles. The third-order valence-electron chi connectivity index (χ3n) is 2.62. The molecule has 0 unspecified atom stereocenters. The van der Waals surface area contributed by atoms with Gasteiger partial charge in [0.2, 0.25) is 4.96 Å². The molecular weight excluding hydrogens is 266 g/mol. The normalized spacial score (nSPS) is 11.2. The molecule has 3 rings (SSSR count). The van der Waals surface area contributed by atoms with Crippen molar-refractivity contribution in [3.8, 4) is 0 Å². The van der Waals surface area contributed by atoms with Crippen LogP contribution in [-0.4, -0.2) is 26.3 Å². The summed E-state index contributed by atoms with van der Waals surface area (Å²) in [6.45, 7) is 2.51. The maximum atomic E-state index is 5.31. The van der Waals surface area contributed by atoms with E-state index in [0.717, 1.165) is 16.3 Å². The third-order valence-corrected chi connectivity index (χ3v) is 3.89. The van der Waals surface area contributed by atoms with Crippen LogP contribution in [0.5, 0.6) is 0 Å². The number of thiazole rings is 1. The van der Waals surface area contributed by atoms with E-state index in [9.17, 15) is 0 Å². The van der Waals surface area contributed by atoms with Crippen LogP contribution < -0.4 is 0 Å². The molecule has 0 spiro atoms. The Morgan fingerprint density at radius 3 is 3.06 bits per heavy atom.